The second-order valence-corrected chi connectivity index (χ2v) is 4.30. The molecule has 0 aromatic rings. The van der Waals surface area contributed by atoms with Crippen LogP contribution in [0.15, 0.2) is 0 Å². The molecule has 0 radical (unpaired) electrons. The normalized spacial score (nSPS) is 21.6. The van der Waals surface area contributed by atoms with Crippen molar-refractivity contribution in [3.63, 3.8) is 0 Å². The number of carbonyl (C=O) groups excluding carboxylic acids is 2. The quantitative estimate of drug-likeness (QED) is 0.592. The van der Waals surface area contributed by atoms with E-state index in [9.17, 15) is 9.59 Å². The lowest BCUT2D eigenvalue weighted by Crippen LogP contribution is -2.45. The van der Waals surface area contributed by atoms with Gasteiger partial charge in [0.15, 0.2) is 0 Å². The van der Waals surface area contributed by atoms with Crippen LogP contribution in [0, 0.1) is 0 Å². The van der Waals surface area contributed by atoms with Gasteiger partial charge in [0.1, 0.15) is 0 Å². The van der Waals surface area contributed by atoms with E-state index in [1.165, 1.54) is 0 Å². The van der Waals surface area contributed by atoms with Gasteiger partial charge in [0, 0.05) is 19.0 Å². The lowest BCUT2D eigenvalue weighted by atomic mass is 10.1. The Kier molecular flexibility index (Phi) is 5.25. The van der Waals surface area contributed by atoms with E-state index in [-0.39, 0.29) is 17.9 Å². The highest BCUT2D eigenvalue weighted by molar-refractivity contribution is 5.82. The van der Waals surface area contributed by atoms with Crippen LogP contribution in [0.1, 0.15) is 39.0 Å². The number of carbonyl (C=O) groups is 2. The van der Waals surface area contributed by atoms with Gasteiger partial charge in [-0.05, 0) is 12.8 Å². The Bertz CT molecular complexity index is 256. The Morgan fingerprint density at radius 3 is 3.00 bits per heavy atom. The second kappa shape index (κ2) is 6.48. The summed E-state index contributed by atoms with van der Waals surface area (Å²) in [4.78, 5) is 22.5. The van der Waals surface area contributed by atoms with Gasteiger partial charge in [-0.25, -0.2) is 0 Å². The summed E-state index contributed by atoms with van der Waals surface area (Å²) in [5, 5.41) is 5.57. The van der Waals surface area contributed by atoms with Gasteiger partial charge < -0.3 is 16.4 Å². The van der Waals surface area contributed by atoms with Crippen LogP contribution in [-0.4, -0.2) is 30.4 Å². The van der Waals surface area contributed by atoms with Gasteiger partial charge in [0.05, 0.1) is 6.04 Å². The number of amides is 2. The maximum Gasteiger partial charge on any atom is 0.236 e. The van der Waals surface area contributed by atoms with E-state index < -0.39 is 6.04 Å². The van der Waals surface area contributed by atoms with Crippen LogP contribution in [0.4, 0.5) is 0 Å². The van der Waals surface area contributed by atoms with Gasteiger partial charge in [-0.1, -0.05) is 19.8 Å². The van der Waals surface area contributed by atoms with Crippen molar-refractivity contribution in [2.75, 3.05) is 6.54 Å². The monoisotopic (exact) mass is 227 g/mol. The van der Waals surface area contributed by atoms with Crippen LogP contribution in [0.2, 0.25) is 0 Å². The van der Waals surface area contributed by atoms with Crippen LogP contribution in [0.5, 0.6) is 0 Å². The molecule has 1 fully saturated rings. The second-order valence-electron chi connectivity index (χ2n) is 4.30. The molecule has 2 atom stereocenters. The van der Waals surface area contributed by atoms with E-state index >= 15 is 0 Å². The molecule has 0 aliphatic carbocycles. The van der Waals surface area contributed by atoms with Crippen molar-refractivity contribution in [1.29, 1.82) is 0 Å². The Morgan fingerprint density at radius 1 is 1.69 bits per heavy atom. The molecule has 1 rings (SSSR count). The molecule has 5 nitrogen and oxygen atoms in total. The van der Waals surface area contributed by atoms with Crippen molar-refractivity contribution in [2.24, 2.45) is 5.73 Å². The van der Waals surface area contributed by atoms with E-state index in [2.05, 4.69) is 17.6 Å². The highest BCUT2D eigenvalue weighted by Crippen LogP contribution is 2.05. The molecular formula is C11H21N3O2. The van der Waals surface area contributed by atoms with Gasteiger partial charge in [-0.3, -0.25) is 9.59 Å². The summed E-state index contributed by atoms with van der Waals surface area (Å²) in [5.41, 5.74) is 5.72. The van der Waals surface area contributed by atoms with Gasteiger partial charge in [-0.15, -0.1) is 0 Å². The topological polar surface area (TPSA) is 84.2 Å². The molecule has 1 saturated heterocycles. The SMILES string of the molecule is CCCCC(N)C(=O)NCC1CCC(=O)N1. The lowest BCUT2D eigenvalue weighted by Gasteiger charge is -2.14. The highest BCUT2D eigenvalue weighted by atomic mass is 16.2. The third-order valence-electron chi connectivity index (χ3n) is 2.81. The number of nitrogens with two attached hydrogens (primary N) is 1. The molecule has 0 saturated carbocycles. The zero-order chi connectivity index (χ0) is 12.0. The molecule has 16 heavy (non-hydrogen) atoms. The Balaban J connectivity index is 2.16. The minimum Gasteiger partial charge on any atom is -0.353 e. The van der Waals surface area contributed by atoms with E-state index in [0.29, 0.717) is 13.0 Å². The fourth-order valence-corrected chi connectivity index (χ4v) is 1.74. The van der Waals surface area contributed by atoms with Gasteiger partial charge in [0.25, 0.3) is 0 Å². The summed E-state index contributed by atoms with van der Waals surface area (Å²) in [6.45, 7) is 2.56. The van der Waals surface area contributed by atoms with E-state index in [0.717, 1.165) is 25.7 Å². The summed E-state index contributed by atoms with van der Waals surface area (Å²) in [7, 11) is 0. The molecule has 0 spiro atoms. The average Bonchev–Trinajstić information content (AvgIpc) is 2.68. The molecule has 5 heteroatoms. The first-order valence-electron chi connectivity index (χ1n) is 5.96. The molecule has 0 bridgehead atoms. The summed E-state index contributed by atoms with van der Waals surface area (Å²) >= 11 is 0. The van der Waals surface area contributed by atoms with Crippen molar-refractivity contribution < 1.29 is 9.59 Å². The van der Waals surface area contributed by atoms with Crippen LogP contribution >= 0.6 is 0 Å². The van der Waals surface area contributed by atoms with Crippen LogP contribution < -0.4 is 16.4 Å². The number of hydrogen-bond acceptors (Lipinski definition) is 3. The number of nitrogens with one attached hydrogen (secondary N) is 2. The van der Waals surface area contributed by atoms with Crippen LogP contribution in [0.25, 0.3) is 0 Å². The lowest BCUT2D eigenvalue weighted by molar-refractivity contribution is -0.123. The molecule has 0 aromatic carbocycles. The first-order valence-corrected chi connectivity index (χ1v) is 5.96. The molecule has 2 amide bonds. The Labute approximate surface area is 96.1 Å². The molecule has 1 aliphatic rings. The van der Waals surface area contributed by atoms with Gasteiger partial charge >= 0.3 is 0 Å². The number of rotatable bonds is 6. The molecule has 1 heterocycles. The summed E-state index contributed by atoms with van der Waals surface area (Å²) in [5.74, 6) is -0.0517. The van der Waals surface area contributed by atoms with E-state index in [1.54, 1.807) is 0 Å². The van der Waals surface area contributed by atoms with Crippen molar-refractivity contribution in [3.8, 4) is 0 Å². The summed E-state index contributed by atoms with van der Waals surface area (Å²) in [6, 6.07) is -0.341. The zero-order valence-electron chi connectivity index (χ0n) is 9.79. The fraction of sp³-hybridized carbons (Fsp3) is 0.818. The highest BCUT2D eigenvalue weighted by Gasteiger charge is 2.21. The fourth-order valence-electron chi connectivity index (χ4n) is 1.74. The largest absolute Gasteiger partial charge is 0.353 e. The summed E-state index contributed by atoms with van der Waals surface area (Å²) < 4.78 is 0. The first kappa shape index (κ1) is 13.0. The number of unbranched alkanes of at least 4 members (excludes halogenated alkanes) is 1. The minimum absolute atomic E-state index is 0.0644. The van der Waals surface area contributed by atoms with E-state index in [1.807, 2.05) is 0 Å². The molecule has 1 aliphatic heterocycles. The maximum absolute atomic E-state index is 11.5. The van der Waals surface area contributed by atoms with Gasteiger partial charge in [0.2, 0.25) is 11.8 Å². The molecular weight excluding hydrogens is 206 g/mol. The smallest absolute Gasteiger partial charge is 0.236 e. The Hall–Kier alpha value is -1.10. The predicted octanol–water partition coefficient (Wildman–Crippen LogP) is -0.101. The standard InChI is InChI=1S/C11H21N3O2/c1-2-3-4-9(12)11(16)13-7-8-5-6-10(15)14-8/h8-9H,2-7,12H2,1H3,(H,13,16)(H,14,15). The van der Waals surface area contributed by atoms with Crippen molar-refractivity contribution >= 4 is 11.8 Å². The summed E-state index contributed by atoms with van der Waals surface area (Å²) in [6.07, 6.45) is 4.08. The molecule has 2 unspecified atom stereocenters. The first-order chi connectivity index (χ1) is 7.63. The third-order valence-corrected chi connectivity index (χ3v) is 2.81. The van der Waals surface area contributed by atoms with Crippen molar-refractivity contribution in [2.45, 2.75) is 51.1 Å². The maximum atomic E-state index is 11.5. The predicted molar refractivity (Wildman–Crippen MR) is 61.7 cm³/mol. The minimum atomic E-state index is -0.419. The van der Waals surface area contributed by atoms with Crippen LogP contribution in [-0.2, 0) is 9.59 Å². The molecule has 4 N–H and O–H groups in total. The third kappa shape index (κ3) is 4.18. The average molecular weight is 227 g/mol. The van der Waals surface area contributed by atoms with Crippen molar-refractivity contribution in [1.82, 2.24) is 10.6 Å². The van der Waals surface area contributed by atoms with Crippen LogP contribution in [0.3, 0.4) is 0 Å². The molecule has 0 aromatic heterocycles. The van der Waals surface area contributed by atoms with Gasteiger partial charge in [-0.2, -0.15) is 0 Å². The zero-order valence-corrected chi connectivity index (χ0v) is 9.79. The van der Waals surface area contributed by atoms with E-state index in [4.69, 9.17) is 5.73 Å². The molecule has 92 valence electrons. The Morgan fingerprint density at radius 2 is 2.44 bits per heavy atom. The number of hydrogen-bond donors (Lipinski definition) is 3. The van der Waals surface area contributed by atoms with Crippen molar-refractivity contribution in [3.05, 3.63) is 0 Å².